The van der Waals surface area contributed by atoms with E-state index in [-0.39, 0.29) is 0 Å². The number of carbonyl (C=O) groups excluding carboxylic acids is 2. The van der Waals surface area contributed by atoms with Gasteiger partial charge >= 0.3 is 18.1 Å². The average molecular weight is 270 g/mol. The van der Waals surface area contributed by atoms with Crippen LogP contribution in [-0.4, -0.2) is 30.8 Å². The first-order valence-corrected chi connectivity index (χ1v) is 5.44. The van der Waals surface area contributed by atoms with Gasteiger partial charge in [-0.2, -0.15) is 13.2 Å². The summed E-state index contributed by atoms with van der Waals surface area (Å²) in [6.45, 7) is 4.86. The molecule has 0 aromatic heterocycles. The molecule has 4 nitrogen and oxygen atoms in total. The Kier molecular flexibility index (Phi) is 5.63. The Morgan fingerprint density at radius 3 is 2.11 bits per heavy atom. The van der Waals surface area contributed by atoms with Crippen LogP contribution in [0.5, 0.6) is 0 Å². The van der Waals surface area contributed by atoms with E-state index < -0.39 is 36.2 Å². The highest BCUT2D eigenvalue weighted by molar-refractivity contribution is 5.79. The summed E-state index contributed by atoms with van der Waals surface area (Å²) in [5.74, 6) is -1.87. The van der Waals surface area contributed by atoms with Crippen molar-refractivity contribution >= 4 is 11.9 Å². The molecule has 0 heterocycles. The number of alkyl halides is 3. The van der Waals surface area contributed by atoms with Crippen LogP contribution >= 0.6 is 0 Å². The van der Waals surface area contributed by atoms with Gasteiger partial charge in [-0.25, -0.2) is 4.79 Å². The van der Waals surface area contributed by atoms with Gasteiger partial charge in [0.15, 0.2) is 12.7 Å². The molecule has 106 valence electrons. The summed E-state index contributed by atoms with van der Waals surface area (Å²) in [6.07, 6.45) is -6.36. The van der Waals surface area contributed by atoms with Crippen molar-refractivity contribution in [2.24, 2.45) is 5.41 Å². The van der Waals surface area contributed by atoms with E-state index in [2.05, 4.69) is 9.47 Å². The SMILES string of the molecule is CCC(C)(C)C(=O)OCC(=O)OC(C)C(F)(F)F. The van der Waals surface area contributed by atoms with E-state index in [4.69, 9.17) is 0 Å². The lowest BCUT2D eigenvalue weighted by Gasteiger charge is -2.20. The molecule has 0 aromatic carbocycles. The number of hydrogen-bond donors (Lipinski definition) is 0. The molecule has 0 amide bonds. The highest BCUT2D eigenvalue weighted by Gasteiger charge is 2.39. The maximum Gasteiger partial charge on any atom is 0.425 e. The van der Waals surface area contributed by atoms with Gasteiger partial charge in [-0.1, -0.05) is 6.92 Å². The van der Waals surface area contributed by atoms with Gasteiger partial charge in [0.1, 0.15) is 0 Å². The molecule has 0 saturated carbocycles. The molecule has 7 heteroatoms. The van der Waals surface area contributed by atoms with Gasteiger partial charge in [0.2, 0.25) is 0 Å². The van der Waals surface area contributed by atoms with Crippen molar-refractivity contribution < 1.29 is 32.2 Å². The van der Waals surface area contributed by atoms with Crippen LogP contribution in [-0.2, 0) is 19.1 Å². The Morgan fingerprint density at radius 2 is 1.72 bits per heavy atom. The van der Waals surface area contributed by atoms with Crippen molar-refractivity contribution in [1.82, 2.24) is 0 Å². The van der Waals surface area contributed by atoms with E-state index >= 15 is 0 Å². The lowest BCUT2D eigenvalue weighted by atomic mass is 9.91. The summed E-state index contributed by atoms with van der Waals surface area (Å²) >= 11 is 0. The van der Waals surface area contributed by atoms with Crippen molar-refractivity contribution in [3.8, 4) is 0 Å². The molecule has 0 aliphatic carbocycles. The minimum absolute atomic E-state index is 0.486. The first-order valence-electron chi connectivity index (χ1n) is 5.44. The van der Waals surface area contributed by atoms with Crippen LogP contribution < -0.4 is 0 Å². The summed E-state index contributed by atoms with van der Waals surface area (Å²) in [6, 6.07) is 0. The molecule has 0 aliphatic rings. The predicted molar refractivity (Wildman–Crippen MR) is 56.6 cm³/mol. The Bertz CT molecular complexity index is 310. The molecule has 0 N–H and O–H groups in total. The van der Waals surface area contributed by atoms with Gasteiger partial charge in [-0.05, 0) is 27.2 Å². The fraction of sp³-hybridized carbons (Fsp3) is 0.818. The smallest absolute Gasteiger partial charge is 0.425 e. The van der Waals surface area contributed by atoms with Crippen molar-refractivity contribution in [2.45, 2.75) is 46.4 Å². The number of ether oxygens (including phenoxy) is 2. The number of carbonyl (C=O) groups is 2. The van der Waals surface area contributed by atoms with Crippen LogP contribution in [0.2, 0.25) is 0 Å². The maximum absolute atomic E-state index is 12.1. The summed E-state index contributed by atoms with van der Waals surface area (Å²) in [5.41, 5.74) is -0.782. The first-order chi connectivity index (χ1) is 8.00. The molecule has 0 bridgehead atoms. The lowest BCUT2D eigenvalue weighted by molar-refractivity contribution is -0.218. The highest BCUT2D eigenvalue weighted by atomic mass is 19.4. The highest BCUT2D eigenvalue weighted by Crippen LogP contribution is 2.23. The zero-order valence-corrected chi connectivity index (χ0v) is 10.8. The third kappa shape index (κ3) is 5.37. The third-order valence-electron chi connectivity index (χ3n) is 2.53. The number of rotatable bonds is 5. The zero-order valence-electron chi connectivity index (χ0n) is 10.8. The maximum atomic E-state index is 12.1. The molecule has 0 spiro atoms. The van der Waals surface area contributed by atoms with Gasteiger partial charge in [0.25, 0.3) is 0 Å². The summed E-state index contributed by atoms with van der Waals surface area (Å²) in [5, 5.41) is 0. The van der Waals surface area contributed by atoms with Crippen LogP contribution in [0.15, 0.2) is 0 Å². The van der Waals surface area contributed by atoms with Crippen LogP contribution in [0.3, 0.4) is 0 Å². The quantitative estimate of drug-likeness (QED) is 0.720. The Morgan fingerprint density at radius 1 is 1.22 bits per heavy atom. The monoisotopic (exact) mass is 270 g/mol. The molecule has 0 aliphatic heterocycles. The standard InChI is InChI=1S/C11H17F3O4/c1-5-10(3,4)9(16)17-6-8(15)18-7(2)11(12,13)14/h7H,5-6H2,1-4H3. The van der Waals surface area contributed by atoms with E-state index in [0.717, 1.165) is 0 Å². The second-order valence-corrected chi connectivity index (χ2v) is 4.49. The molecule has 0 saturated heterocycles. The average Bonchev–Trinajstić information content (AvgIpc) is 2.24. The second-order valence-electron chi connectivity index (χ2n) is 4.49. The Balaban J connectivity index is 4.18. The summed E-state index contributed by atoms with van der Waals surface area (Å²) < 4.78 is 44.9. The van der Waals surface area contributed by atoms with Gasteiger partial charge in [0.05, 0.1) is 5.41 Å². The topological polar surface area (TPSA) is 52.6 Å². The molecule has 0 radical (unpaired) electrons. The van der Waals surface area contributed by atoms with Crippen molar-refractivity contribution in [3.05, 3.63) is 0 Å². The fourth-order valence-electron chi connectivity index (χ4n) is 0.762. The van der Waals surface area contributed by atoms with Crippen molar-refractivity contribution in [3.63, 3.8) is 0 Å². The van der Waals surface area contributed by atoms with E-state index in [1.807, 2.05) is 0 Å². The van der Waals surface area contributed by atoms with Gasteiger partial charge < -0.3 is 9.47 Å². The van der Waals surface area contributed by atoms with Crippen molar-refractivity contribution in [1.29, 1.82) is 0 Å². The van der Waals surface area contributed by atoms with E-state index in [0.29, 0.717) is 13.3 Å². The minimum Gasteiger partial charge on any atom is -0.453 e. The van der Waals surface area contributed by atoms with Crippen LogP contribution in [0.25, 0.3) is 0 Å². The molecular formula is C11H17F3O4. The van der Waals surface area contributed by atoms with Gasteiger partial charge in [0, 0.05) is 0 Å². The molecule has 0 aromatic rings. The Labute approximate surface area is 103 Å². The van der Waals surface area contributed by atoms with Gasteiger partial charge in [-0.3, -0.25) is 4.79 Å². The number of esters is 2. The lowest BCUT2D eigenvalue weighted by Crippen LogP contribution is -2.34. The molecule has 1 atom stereocenters. The number of hydrogen-bond acceptors (Lipinski definition) is 4. The Hall–Kier alpha value is -1.27. The summed E-state index contributed by atoms with van der Waals surface area (Å²) in [4.78, 5) is 22.5. The molecule has 1 unspecified atom stereocenters. The molecule has 0 rings (SSSR count). The summed E-state index contributed by atoms with van der Waals surface area (Å²) in [7, 11) is 0. The molecule has 0 fully saturated rings. The first kappa shape index (κ1) is 16.7. The largest absolute Gasteiger partial charge is 0.453 e. The van der Waals surface area contributed by atoms with Crippen molar-refractivity contribution in [2.75, 3.05) is 6.61 Å². The zero-order chi connectivity index (χ0) is 14.6. The number of halogens is 3. The fourth-order valence-corrected chi connectivity index (χ4v) is 0.762. The third-order valence-corrected chi connectivity index (χ3v) is 2.53. The normalized spacial score (nSPS) is 13.9. The van der Waals surface area contributed by atoms with E-state index in [1.165, 1.54) is 0 Å². The van der Waals surface area contributed by atoms with E-state index in [1.54, 1.807) is 20.8 Å². The second kappa shape index (κ2) is 6.06. The van der Waals surface area contributed by atoms with Gasteiger partial charge in [-0.15, -0.1) is 0 Å². The molecule has 18 heavy (non-hydrogen) atoms. The van der Waals surface area contributed by atoms with Crippen LogP contribution in [0.1, 0.15) is 34.1 Å². The van der Waals surface area contributed by atoms with Crippen LogP contribution in [0, 0.1) is 5.41 Å². The molecular weight excluding hydrogens is 253 g/mol. The predicted octanol–water partition coefficient (Wildman–Crippen LogP) is 2.46. The van der Waals surface area contributed by atoms with E-state index in [9.17, 15) is 22.8 Å². The van der Waals surface area contributed by atoms with Crippen LogP contribution in [0.4, 0.5) is 13.2 Å². The minimum atomic E-state index is -4.62.